The second-order valence-corrected chi connectivity index (χ2v) is 12.2. The smallest absolute Gasteiger partial charge is 0.310 e. The van der Waals surface area contributed by atoms with Crippen molar-refractivity contribution in [1.82, 2.24) is 0 Å². The van der Waals surface area contributed by atoms with Crippen LogP contribution >= 0.6 is 0 Å². The van der Waals surface area contributed by atoms with E-state index in [-0.39, 0.29) is 19.4 Å². The van der Waals surface area contributed by atoms with Crippen molar-refractivity contribution >= 4 is 22.1 Å². The fraction of sp³-hybridized carbons (Fsp3) is 0.933. The number of esters is 2. The van der Waals surface area contributed by atoms with E-state index in [0.29, 0.717) is 6.61 Å². The summed E-state index contributed by atoms with van der Waals surface area (Å²) in [6.45, 7) is 4.99. The monoisotopic (exact) mass is 562 g/mol. The van der Waals surface area contributed by atoms with Gasteiger partial charge in [0.15, 0.2) is 0 Å². The molecule has 0 aliphatic carbocycles. The van der Waals surface area contributed by atoms with Crippen molar-refractivity contribution in [2.75, 3.05) is 19.0 Å². The first kappa shape index (κ1) is 36.8. The van der Waals surface area contributed by atoms with Crippen LogP contribution in [0.15, 0.2) is 0 Å². The molecule has 1 atom stereocenters. The first-order valence-corrected chi connectivity index (χ1v) is 17.2. The molecule has 0 aliphatic heterocycles. The van der Waals surface area contributed by atoms with Crippen molar-refractivity contribution in [2.24, 2.45) is 5.92 Å². The van der Waals surface area contributed by atoms with Crippen LogP contribution in [0.5, 0.6) is 0 Å². The zero-order valence-electron chi connectivity index (χ0n) is 24.6. The van der Waals surface area contributed by atoms with Crippen molar-refractivity contribution in [2.45, 2.75) is 155 Å². The van der Waals surface area contributed by atoms with Crippen LogP contribution in [-0.4, -0.2) is 43.9 Å². The number of rotatable bonds is 28. The van der Waals surface area contributed by atoms with Gasteiger partial charge in [-0.3, -0.25) is 14.1 Å². The number of hydrogen-bond donors (Lipinski definition) is 1. The lowest BCUT2D eigenvalue weighted by Crippen LogP contribution is -2.27. The molecule has 0 fully saturated rings. The van der Waals surface area contributed by atoms with Crippen LogP contribution in [-0.2, 0) is 29.2 Å². The third-order valence-electron chi connectivity index (χ3n) is 6.95. The third kappa shape index (κ3) is 26.5. The molecule has 1 N–H and O–H groups in total. The third-order valence-corrected chi connectivity index (χ3v) is 7.77. The molecule has 1 unspecified atom stereocenters. The number of ether oxygens (including phenoxy) is 2. The van der Waals surface area contributed by atoms with Crippen LogP contribution < -0.4 is 0 Å². The van der Waals surface area contributed by atoms with E-state index >= 15 is 0 Å². The van der Waals surface area contributed by atoms with E-state index in [1.54, 1.807) is 0 Å². The molecule has 0 bridgehead atoms. The Morgan fingerprint density at radius 2 is 0.974 bits per heavy atom. The summed E-state index contributed by atoms with van der Waals surface area (Å²) >= 11 is 0. The van der Waals surface area contributed by atoms with Crippen LogP contribution in [0.25, 0.3) is 0 Å². The highest BCUT2D eigenvalue weighted by Gasteiger charge is 2.26. The Hall–Kier alpha value is -1.15. The Kier molecular flexibility index (Phi) is 25.3. The van der Waals surface area contributed by atoms with Gasteiger partial charge in [0, 0.05) is 6.42 Å². The van der Waals surface area contributed by atoms with Crippen molar-refractivity contribution in [3.8, 4) is 0 Å². The van der Waals surface area contributed by atoms with Crippen LogP contribution in [0.4, 0.5) is 0 Å². The van der Waals surface area contributed by atoms with Gasteiger partial charge in [0.2, 0.25) is 0 Å². The SMILES string of the molecule is CCCCCCCCCCCCOC(=O)CCC(CS(=O)(=O)O)C(=O)OCCCCCCCCCCCC. The van der Waals surface area contributed by atoms with Gasteiger partial charge in [-0.05, 0) is 19.3 Å². The van der Waals surface area contributed by atoms with Crippen molar-refractivity contribution in [3.05, 3.63) is 0 Å². The molecular formula is C30H58O7S. The number of unbranched alkanes of at least 4 members (excludes halogenated alkanes) is 18. The maximum atomic E-state index is 12.4. The second kappa shape index (κ2) is 26.1. The summed E-state index contributed by atoms with van der Waals surface area (Å²) in [6.07, 6.45) is 23.5. The Morgan fingerprint density at radius 1 is 0.605 bits per heavy atom. The van der Waals surface area contributed by atoms with Crippen LogP contribution in [0.1, 0.15) is 155 Å². The summed E-state index contributed by atoms with van der Waals surface area (Å²) in [5.74, 6) is -2.95. The summed E-state index contributed by atoms with van der Waals surface area (Å²) in [5.41, 5.74) is 0. The lowest BCUT2D eigenvalue weighted by molar-refractivity contribution is -0.149. The Balaban J connectivity index is 3.97. The Morgan fingerprint density at radius 3 is 1.37 bits per heavy atom. The summed E-state index contributed by atoms with van der Waals surface area (Å²) in [4.78, 5) is 24.5. The van der Waals surface area contributed by atoms with Crippen LogP contribution in [0.2, 0.25) is 0 Å². The number of carbonyl (C=O) groups excluding carboxylic acids is 2. The molecule has 0 spiro atoms. The molecule has 0 saturated heterocycles. The van der Waals surface area contributed by atoms with Gasteiger partial charge in [-0.1, -0.05) is 129 Å². The molecule has 0 amide bonds. The predicted molar refractivity (Wildman–Crippen MR) is 155 cm³/mol. The fourth-order valence-corrected chi connectivity index (χ4v) is 5.35. The van der Waals surface area contributed by atoms with Gasteiger partial charge in [-0.15, -0.1) is 0 Å². The second-order valence-electron chi connectivity index (χ2n) is 10.7. The average molecular weight is 563 g/mol. The molecule has 0 aliphatic rings. The predicted octanol–water partition coefficient (Wildman–Crippen LogP) is 8.20. The number of carbonyl (C=O) groups is 2. The lowest BCUT2D eigenvalue weighted by atomic mass is 10.1. The van der Waals surface area contributed by atoms with Crippen molar-refractivity contribution in [3.63, 3.8) is 0 Å². The minimum absolute atomic E-state index is 0.0203. The van der Waals surface area contributed by atoms with Crippen molar-refractivity contribution in [1.29, 1.82) is 0 Å². The Bertz CT molecular complexity index is 664. The van der Waals surface area contributed by atoms with E-state index in [0.717, 1.165) is 38.5 Å². The van der Waals surface area contributed by atoms with E-state index in [2.05, 4.69) is 13.8 Å². The lowest BCUT2D eigenvalue weighted by Gasteiger charge is -2.14. The van der Waals surface area contributed by atoms with E-state index in [1.807, 2.05) is 0 Å². The van der Waals surface area contributed by atoms with E-state index < -0.39 is 33.7 Å². The standard InChI is InChI=1S/C30H58O7S/c1-3-5-7-9-11-13-15-17-19-21-25-36-29(31)24-23-28(27-38(33,34)35)30(32)37-26-22-20-18-16-14-12-10-8-6-4-2/h28H,3-27H2,1-2H3,(H,33,34,35). The van der Waals surface area contributed by atoms with Crippen LogP contribution in [0.3, 0.4) is 0 Å². The Labute approximate surface area is 234 Å². The van der Waals surface area contributed by atoms with E-state index in [9.17, 15) is 22.6 Å². The zero-order chi connectivity index (χ0) is 28.3. The topological polar surface area (TPSA) is 107 Å². The van der Waals surface area contributed by atoms with Gasteiger partial charge >= 0.3 is 11.9 Å². The van der Waals surface area contributed by atoms with Crippen molar-refractivity contribution < 1.29 is 32.0 Å². The molecular weight excluding hydrogens is 504 g/mol. The molecule has 0 aromatic carbocycles. The normalized spacial score (nSPS) is 12.4. The molecule has 0 aromatic rings. The van der Waals surface area contributed by atoms with E-state index in [1.165, 1.54) is 89.9 Å². The molecule has 7 nitrogen and oxygen atoms in total. The van der Waals surface area contributed by atoms with Gasteiger partial charge in [-0.2, -0.15) is 8.42 Å². The highest BCUT2D eigenvalue weighted by Crippen LogP contribution is 2.15. The molecule has 38 heavy (non-hydrogen) atoms. The van der Waals surface area contributed by atoms with Gasteiger partial charge in [-0.25, -0.2) is 0 Å². The summed E-state index contributed by atoms with van der Waals surface area (Å²) < 4.78 is 42.5. The summed E-state index contributed by atoms with van der Waals surface area (Å²) in [7, 11) is -4.36. The first-order chi connectivity index (χ1) is 18.3. The van der Waals surface area contributed by atoms with Gasteiger partial charge in [0.05, 0.1) is 24.9 Å². The molecule has 226 valence electrons. The molecule has 0 radical (unpaired) electrons. The van der Waals surface area contributed by atoms with Gasteiger partial charge in [0.1, 0.15) is 0 Å². The largest absolute Gasteiger partial charge is 0.466 e. The zero-order valence-corrected chi connectivity index (χ0v) is 25.4. The van der Waals surface area contributed by atoms with Gasteiger partial charge in [0.25, 0.3) is 10.1 Å². The fourth-order valence-electron chi connectivity index (χ4n) is 4.54. The summed E-state index contributed by atoms with van der Waals surface area (Å²) in [5, 5.41) is 0. The minimum Gasteiger partial charge on any atom is -0.466 e. The summed E-state index contributed by atoms with van der Waals surface area (Å²) in [6, 6.07) is 0. The molecule has 0 aromatic heterocycles. The average Bonchev–Trinajstić information content (AvgIpc) is 2.87. The van der Waals surface area contributed by atoms with Gasteiger partial charge < -0.3 is 9.47 Å². The van der Waals surface area contributed by atoms with Crippen LogP contribution in [0, 0.1) is 5.92 Å². The first-order valence-electron chi connectivity index (χ1n) is 15.6. The highest BCUT2D eigenvalue weighted by atomic mass is 32.2. The minimum atomic E-state index is -4.36. The maximum Gasteiger partial charge on any atom is 0.310 e. The quantitative estimate of drug-likeness (QED) is 0.0581. The highest BCUT2D eigenvalue weighted by molar-refractivity contribution is 7.85. The van der Waals surface area contributed by atoms with E-state index in [4.69, 9.17) is 9.47 Å². The maximum absolute atomic E-state index is 12.4. The number of hydrogen-bond acceptors (Lipinski definition) is 6. The molecule has 0 heterocycles. The molecule has 8 heteroatoms. The molecule has 0 rings (SSSR count). The molecule has 0 saturated carbocycles.